The van der Waals surface area contributed by atoms with E-state index >= 15 is 0 Å². The number of amides is 1. The molecule has 1 amide bonds. The van der Waals surface area contributed by atoms with Gasteiger partial charge in [0.05, 0.1) is 13.2 Å². The van der Waals surface area contributed by atoms with Crippen LogP contribution in [0, 0.1) is 0 Å². The van der Waals surface area contributed by atoms with Crippen molar-refractivity contribution >= 4 is 21.8 Å². The van der Waals surface area contributed by atoms with Crippen LogP contribution in [0.2, 0.25) is 0 Å². The molecule has 2 aromatic rings. The summed E-state index contributed by atoms with van der Waals surface area (Å²) in [4.78, 5) is 18.5. The van der Waals surface area contributed by atoms with E-state index in [0.29, 0.717) is 25.4 Å². The highest BCUT2D eigenvalue weighted by Gasteiger charge is 2.26. The summed E-state index contributed by atoms with van der Waals surface area (Å²) in [5, 5.41) is 0. The lowest BCUT2D eigenvalue weighted by Gasteiger charge is -2.33. The fourth-order valence-electron chi connectivity index (χ4n) is 2.37. The summed E-state index contributed by atoms with van der Waals surface area (Å²) < 4.78 is 6.64. The Morgan fingerprint density at radius 1 is 1.24 bits per heavy atom. The lowest BCUT2D eigenvalue weighted by atomic mass is 10.1. The Morgan fingerprint density at radius 3 is 2.76 bits per heavy atom. The van der Waals surface area contributed by atoms with Crippen molar-refractivity contribution in [2.24, 2.45) is 0 Å². The number of nitrogens with zero attached hydrogens (tertiary/aromatic N) is 2. The van der Waals surface area contributed by atoms with Crippen LogP contribution in [-0.2, 0) is 4.74 Å². The zero-order chi connectivity index (χ0) is 14.7. The van der Waals surface area contributed by atoms with Crippen molar-refractivity contribution in [1.82, 2.24) is 9.88 Å². The topological polar surface area (TPSA) is 42.4 Å². The molecule has 0 radical (unpaired) electrons. The fraction of sp³-hybridized carbons (Fsp3) is 0.250. The van der Waals surface area contributed by atoms with Crippen LogP contribution in [-0.4, -0.2) is 35.5 Å². The summed E-state index contributed by atoms with van der Waals surface area (Å²) in [5.74, 6) is -0.0493. The molecule has 108 valence electrons. The van der Waals surface area contributed by atoms with Gasteiger partial charge in [0.2, 0.25) is 0 Å². The van der Waals surface area contributed by atoms with Crippen molar-refractivity contribution in [1.29, 1.82) is 0 Å². The van der Waals surface area contributed by atoms with Crippen LogP contribution in [0.15, 0.2) is 53.1 Å². The highest BCUT2D eigenvalue weighted by Crippen LogP contribution is 2.23. The second-order valence-corrected chi connectivity index (χ2v) is 5.80. The van der Waals surface area contributed by atoms with Crippen molar-refractivity contribution in [3.8, 4) is 0 Å². The van der Waals surface area contributed by atoms with Gasteiger partial charge in [0.15, 0.2) is 0 Å². The molecule has 1 fully saturated rings. The van der Waals surface area contributed by atoms with Gasteiger partial charge in [-0.25, -0.2) is 4.98 Å². The van der Waals surface area contributed by atoms with Crippen LogP contribution >= 0.6 is 15.9 Å². The van der Waals surface area contributed by atoms with Crippen molar-refractivity contribution in [2.45, 2.75) is 6.10 Å². The third kappa shape index (κ3) is 3.31. The van der Waals surface area contributed by atoms with E-state index < -0.39 is 0 Å². The zero-order valence-corrected chi connectivity index (χ0v) is 13.0. The van der Waals surface area contributed by atoms with E-state index in [1.54, 1.807) is 17.2 Å². The molecular formula is C16H15BrN2O2. The molecule has 1 unspecified atom stereocenters. The molecular weight excluding hydrogens is 332 g/mol. The third-order valence-electron chi connectivity index (χ3n) is 3.47. The first kappa shape index (κ1) is 14.2. The number of rotatable bonds is 2. The average molecular weight is 347 g/mol. The Morgan fingerprint density at radius 2 is 2.05 bits per heavy atom. The predicted molar refractivity (Wildman–Crippen MR) is 83.0 cm³/mol. The Bertz CT molecular complexity index is 616. The molecule has 1 aliphatic rings. The van der Waals surface area contributed by atoms with Gasteiger partial charge >= 0.3 is 0 Å². The number of benzene rings is 1. The van der Waals surface area contributed by atoms with Gasteiger partial charge in [0.1, 0.15) is 11.8 Å². The quantitative estimate of drug-likeness (QED) is 0.839. The smallest absolute Gasteiger partial charge is 0.272 e. The predicted octanol–water partition coefficient (Wildman–Crippen LogP) is 3.06. The molecule has 1 saturated heterocycles. The number of pyridine rings is 1. The van der Waals surface area contributed by atoms with Gasteiger partial charge in [-0.1, -0.05) is 30.3 Å². The summed E-state index contributed by atoms with van der Waals surface area (Å²) in [6.07, 6.45) is 1.57. The maximum atomic E-state index is 12.5. The molecule has 5 heteroatoms. The Balaban J connectivity index is 1.74. The van der Waals surface area contributed by atoms with E-state index in [2.05, 4.69) is 20.9 Å². The van der Waals surface area contributed by atoms with E-state index in [-0.39, 0.29) is 12.0 Å². The van der Waals surface area contributed by atoms with Gasteiger partial charge in [0.25, 0.3) is 5.91 Å². The van der Waals surface area contributed by atoms with Crippen LogP contribution in [0.4, 0.5) is 0 Å². The first-order valence-corrected chi connectivity index (χ1v) is 7.61. The van der Waals surface area contributed by atoms with Crippen LogP contribution in [0.5, 0.6) is 0 Å². The highest BCUT2D eigenvalue weighted by atomic mass is 79.9. The molecule has 1 aromatic carbocycles. The Hall–Kier alpha value is -1.72. The normalized spacial score (nSPS) is 18.5. The third-order valence-corrected chi connectivity index (χ3v) is 3.94. The highest BCUT2D eigenvalue weighted by molar-refractivity contribution is 9.10. The summed E-state index contributed by atoms with van der Waals surface area (Å²) in [6.45, 7) is 1.70. The Labute approximate surface area is 131 Å². The lowest BCUT2D eigenvalue weighted by Crippen LogP contribution is -2.42. The second-order valence-electron chi connectivity index (χ2n) is 4.88. The molecule has 4 nitrogen and oxygen atoms in total. The molecule has 0 aliphatic carbocycles. The minimum absolute atomic E-state index is 0.0493. The monoisotopic (exact) mass is 346 g/mol. The van der Waals surface area contributed by atoms with Gasteiger partial charge in [-0.15, -0.1) is 0 Å². The number of morpholine rings is 1. The van der Waals surface area contributed by atoms with Crippen molar-refractivity contribution < 1.29 is 9.53 Å². The zero-order valence-electron chi connectivity index (χ0n) is 11.4. The average Bonchev–Trinajstić information content (AvgIpc) is 2.56. The van der Waals surface area contributed by atoms with Crippen LogP contribution in [0.1, 0.15) is 22.2 Å². The number of ether oxygens (including phenoxy) is 1. The summed E-state index contributed by atoms with van der Waals surface area (Å²) in [5.41, 5.74) is 1.56. The first-order valence-electron chi connectivity index (χ1n) is 6.81. The molecule has 21 heavy (non-hydrogen) atoms. The van der Waals surface area contributed by atoms with Gasteiger partial charge in [-0.05, 0) is 33.6 Å². The van der Waals surface area contributed by atoms with Crippen LogP contribution in [0.3, 0.4) is 0 Å². The number of aromatic nitrogens is 1. The minimum atomic E-state index is -0.0700. The second kappa shape index (κ2) is 6.37. The first-order chi connectivity index (χ1) is 10.2. The standard InChI is InChI=1S/C16H15BrN2O2/c17-13-6-7-14(18-10-13)16(20)19-8-9-21-15(11-19)12-4-2-1-3-5-12/h1-7,10,15H,8-9,11H2. The fourth-order valence-corrected chi connectivity index (χ4v) is 2.60. The van der Waals surface area contributed by atoms with Gasteiger partial charge in [-0.3, -0.25) is 4.79 Å². The van der Waals surface area contributed by atoms with E-state index in [1.165, 1.54) is 0 Å². The molecule has 1 aromatic heterocycles. The Kier molecular flexibility index (Phi) is 4.31. The SMILES string of the molecule is O=C(c1ccc(Br)cn1)N1CCOC(c2ccccc2)C1. The van der Waals surface area contributed by atoms with Crippen LogP contribution in [0.25, 0.3) is 0 Å². The number of carbonyl (C=O) groups is 1. The molecule has 0 N–H and O–H groups in total. The maximum absolute atomic E-state index is 12.5. The van der Waals surface area contributed by atoms with Gasteiger partial charge in [0, 0.05) is 17.2 Å². The number of hydrogen-bond acceptors (Lipinski definition) is 3. The largest absolute Gasteiger partial charge is 0.370 e. The summed E-state index contributed by atoms with van der Waals surface area (Å²) >= 11 is 3.32. The van der Waals surface area contributed by atoms with E-state index in [1.807, 2.05) is 36.4 Å². The molecule has 1 atom stereocenters. The van der Waals surface area contributed by atoms with Crippen molar-refractivity contribution in [3.05, 3.63) is 64.4 Å². The van der Waals surface area contributed by atoms with Crippen LogP contribution < -0.4 is 0 Å². The lowest BCUT2D eigenvalue weighted by molar-refractivity contribution is -0.0230. The van der Waals surface area contributed by atoms with E-state index in [4.69, 9.17) is 4.74 Å². The summed E-state index contributed by atoms with van der Waals surface area (Å²) in [6, 6.07) is 13.5. The molecule has 2 heterocycles. The molecule has 0 bridgehead atoms. The van der Waals surface area contributed by atoms with E-state index in [0.717, 1.165) is 10.0 Å². The number of halogens is 1. The molecule has 3 rings (SSSR count). The van der Waals surface area contributed by atoms with Gasteiger partial charge < -0.3 is 9.64 Å². The summed E-state index contributed by atoms with van der Waals surface area (Å²) in [7, 11) is 0. The molecule has 0 spiro atoms. The van der Waals surface area contributed by atoms with Crippen molar-refractivity contribution in [2.75, 3.05) is 19.7 Å². The number of hydrogen-bond donors (Lipinski definition) is 0. The number of carbonyl (C=O) groups excluding carboxylic acids is 1. The van der Waals surface area contributed by atoms with Gasteiger partial charge in [-0.2, -0.15) is 0 Å². The molecule has 1 aliphatic heterocycles. The molecule has 0 saturated carbocycles. The van der Waals surface area contributed by atoms with E-state index in [9.17, 15) is 4.79 Å². The minimum Gasteiger partial charge on any atom is -0.370 e. The van der Waals surface area contributed by atoms with Crippen molar-refractivity contribution in [3.63, 3.8) is 0 Å². The maximum Gasteiger partial charge on any atom is 0.272 e.